The van der Waals surface area contributed by atoms with Gasteiger partial charge in [-0.2, -0.15) is 0 Å². The first kappa shape index (κ1) is 13.3. The molecule has 0 radical (unpaired) electrons. The van der Waals surface area contributed by atoms with Gasteiger partial charge >= 0.3 is 0 Å². The second-order valence-corrected chi connectivity index (χ2v) is 4.75. The highest BCUT2D eigenvalue weighted by Crippen LogP contribution is 2.23. The zero-order valence-electron chi connectivity index (χ0n) is 10.5. The number of aryl methyl sites for hydroxylation is 1. The molecule has 0 atom stereocenters. The van der Waals surface area contributed by atoms with Gasteiger partial charge in [0.05, 0.1) is 0 Å². The molecule has 2 aromatic carbocycles. The van der Waals surface area contributed by atoms with Gasteiger partial charge in [0.2, 0.25) is 0 Å². The number of aromatic hydroxyl groups is 2. The Morgan fingerprint density at radius 3 is 2.37 bits per heavy atom. The molecule has 2 nitrogen and oxygen atoms in total. The van der Waals surface area contributed by atoms with E-state index in [4.69, 9.17) is 12.2 Å². The highest BCUT2D eigenvalue weighted by atomic mass is 32.1. The molecule has 19 heavy (non-hydrogen) atoms. The van der Waals surface area contributed by atoms with Crippen molar-refractivity contribution in [3.63, 3.8) is 0 Å². The molecule has 0 saturated heterocycles. The van der Waals surface area contributed by atoms with Gasteiger partial charge in [0.15, 0.2) is 0 Å². The van der Waals surface area contributed by atoms with Crippen molar-refractivity contribution in [3.8, 4) is 11.5 Å². The van der Waals surface area contributed by atoms with E-state index in [0.29, 0.717) is 10.4 Å². The minimum Gasteiger partial charge on any atom is -0.508 e. The van der Waals surface area contributed by atoms with E-state index in [-0.39, 0.29) is 11.5 Å². The zero-order valence-corrected chi connectivity index (χ0v) is 11.3. The largest absolute Gasteiger partial charge is 0.508 e. The van der Waals surface area contributed by atoms with Gasteiger partial charge in [-0.15, -0.1) is 0 Å². The second-order valence-electron chi connectivity index (χ2n) is 4.31. The van der Waals surface area contributed by atoms with Gasteiger partial charge in [0.25, 0.3) is 0 Å². The van der Waals surface area contributed by atoms with Crippen molar-refractivity contribution >= 4 is 23.2 Å². The van der Waals surface area contributed by atoms with Crippen LogP contribution in [0.4, 0.5) is 0 Å². The summed E-state index contributed by atoms with van der Waals surface area (Å²) in [6.07, 6.45) is 3.50. The van der Waals surface area contributed by atoms with E-state index in [0.717, 1.165) is 5.56 Å². The van der Waals surface area contributed by atoms with Crippen LogP contribution in [0.2, 0.25) is 0 Å². The Morgan fingerprint density at radius 1 is 1.05 bits per heavy atom. The first-order valence-corrected chi connectivity index (χ1v) is 6.28. The molecule has 2 rings (SSSR count). The molecule has 0 amide bonds. The standard InChI is InChI=1S/C16H14O2S/c1-11-2-4-13(5-3-11)16(19)9-7-12-6-8-14(17)10-15(12)18/h2-10,17-18H,1H3. The van der Waals surface area contributed by atoms with Gasteiger partial charge < -0.3 is 10.2 Å². The molecule has 0 unspecified atom stereocenters. The number of hydrogen-bond acceptors (Lipinski definition) is 3. The Hall–Kier alpha value is -2.13. The van der Waals surface area contributed by atoms with Crippen molar-refractivity contribution in [2.45, 2.75) is 6.92 Å². The number of phenols is 2. The van der Waals surface area contributed by atoms with Gasteiger partial charge in [-0.3, -0.25) is 0 Å². The van der Waals surface area contributed by atoms with Crippen LogP contribution in [0.1, 0.15) is 16.7 Å². The lowest BCUT2D eigenvalue weighted by Gasteiger charge is -2.01. The highest BCUT2D eigenvalue weighted by molar-refractivity contribution is 7.81. The summed E-state index contributed by atoms with van der Waals surface area (Å²) >= 11 is 5.31. The maximum Gasteiger partial charge on any atom is 0.126 e. The summed E-state index contributed by atoms with van der Waals surface area (Å²) in [5.41, 5.74) is 2.77. The fraction of sp³-hybridized carbons (Fsp3) is 0.0625. The average Bonchev–Trinajstić information content (AvgIpc) is 2.38. The third kappa shape index (κ3) is 3.42. The van der Waals surface area contributed by atoms with Crippen LogP contribution in [0.3, 0.4) is 0 Å². The van der Waals surface area contributed by atoms with Crippen molar-refractivity contribution < 1.29 is 10.2 Å². The summed E-state index contributed by atoms with van der Waals surface area (Å²) in [7, 11) is 0. The molecule has 0 heterocycles. The van der Waals surface area contributed by atoms with Gasteiger partial charge in [0.1, 0.15) is 11.5 Å². The average molecular weight is 270 g/mol. The topological polar surface area (TPSA) is 40.5 Å². The maximum absolute atomic E-state index is 9.66. The molecule has 0 saturated carbocycles. The summed E-state index contributed by atoms with van der Waals surface area (Å²) in [6, 6.07) is 12.4. The summed E-state index contributed by atoms with van der Waals surface area (Å²) in [5, 5.41) is 18.9. The number of phenolic OH excluding ortho intramolecular Hbond substituents is 2. The second kappa shape index (κ2) is 5.67. The smallest absolute Gasteiger partial charge is 0.126 e. The highest BCUT2D eigenvalue weighted by Gasteiger charge is 2.00. The van der Waals surface area contributed by atoms with Crippen molar-refractivity contribution in [2.24, 2.45) is 0 Å². The van der Waals surface area contributed by atoms with E-state index in [2.05, 4.69) is 0 Å². The van der Waals surface area contributed by atoms with Crippen LogP contribution in [-0.2, 0) is 0 Å². The van der Waals surface area contributed by atoms with Gasteiger partial charge in [-0.05, 0) is 36.8 Å². The molecule has 0 bridgehead atoms. The number of rotatable bonds is 3. The molecule has 3 heteroatoms. The van der Waals surface area contributed by atoms with Crippen LogP contribution in [0.15, 0.2) is 48.5 Å². The van der Waals surface area contributed by atoms with Gasteiger partial charge in [0, 0.05) is 16.5 Å². The number of thiocarbonyl (C=S) groups is 1. The molecule has 0 aromatic heterocycles. The molecule has 0 fully saturated rings. The van der Waals surface area contributed by atoms with Crippen molar-refractivity contribution in [1.29, 1.82) is 0 Å². The SMILES string of the molecule is Cc1ccc(C(=S)C=Cc2ccc(O)cc2O)cc1. The molecule has 96 valence electrons. The molecule has 0 spiro atoms. The number of hydrogen-bond donors (Lipinski definition) is 2. The molecule has 2 aromatic rings. The quantitative estimate of drug-likeness (QED) is 0.506. The van der Waals surface area contributed by atoms with Crippen LogP contribution in [-0.4, -0.2) is 15.1 Å². The maximum atomic E-state index is 9.66. The lowest BCUT2D eigenvalue weighted by molar-refractivity contribution is 0.450. The van der Waals surface area contributed by atoms with Crippen molar-refractivity contribution in [2.75, 3.05) is 0 Å². The predicted molar refractivity (Wildman–Crippen MR) is 81.7 cm³/mol. The molecule has 2 N–H and O–H groups in total. The van der Waals surface area contributed by atoms with Crippen LogP contribution in [0.25, 0.3) is 6.08 Å². The van der Waals surface area contributed by atoms with Crippen molar-refractivity contribution in [3.05, 3.63) is 65.2 Å². The minimum absolute atomic E-state index is 0.0305. The molecule has 0 aliphatic carbocycles. The van der Waals surface area contributed by atoms with Gasteiger partial charge in [-0.1, -0.05) is 42.0 Å². The van der Waals surface area contributed by atoms with E-state index in [1.165, 1.54) is 17.7 Å². The molecular weight excluding hydrogens is 256 g/mol. The fourth-order valence-electron chi connectivity index (χ4n) is 1.65. The first-order valence-electron chi connectivity index (χ1n) is 5.87. The van der Waals surface area contributed by atoms with Gasteiger partial charge in [-0.25, -0.2) is 0 Å². The third-order valence-corrected chi connectivity index (χ3v) is 3.14. The van der Waals surface area contributed by atoms with Crippen LogP contribution < -0.4 is 0 Å². The Kier molecular flexibility index (Phi) is 3.97. The Labute approximate surface area is 117 Å². The van der Waals surface area contributed by atoms with E-state index >= 15 is 0 Å². The summed E-state index contributed by atoms with van der Waals surface area (Å²) in [5.74, 6) is 0.0683. The first-order chi connectivity index (χ1) is 9.06. The predicted octanol–water partition coefficient (Wildman–Crippen LogP) is 3.84. The monoisotopic (exact) mass is 270 g/mol. The molecule has 0 aliphatic rings. The fourth-order valence-corrected chi connectivity index (χ4v) is 1.86. The number of allylic oxidation sites excluding steroid dienone is 1. The van der Waals surface area contributed by atoms with E-state index in [9.17, 15) is 10.2 Å². The minimum atomic E-state index is 0.0305. The normalized spacial score (nSPS) is 10.8. The summed E-state index contributed by atoms with van der Waals surface area (Å²) in [4.78, 5) is 0.701. The number of benzene rings is 2. The lowest BCUT2D eigenvalue weighted by Crippen LogP contribution is -1.91. The van der Waals surface area contributed by atoms with Crippen LogP contribution in [0, 0.1) is 6.92 Å². The third-order valence-electron chi connectivity index (χ3n) is 2.76. The summed E-state index contributed by atoms with van der Waals surface area (Å²) < 4.78 is 0. The Bertz CT molecular complexity index is 628. The summed E-state index contributed by atoms with van der Waals surface area (Å²) in [6.45, 7) is 2.02. The lowest BCUT2D eigenvalue weighted by atomic mass is 10.1. The van der Waals surface area contributed by atoms with Crippen LogP contribution in [0.5, 0.6) is 11.5 Å². The van der Waals surface area contributed by atoms with E-state index in [1.807, 2.05) is 31.2 Å². The van der Waals surface area contributed by atoms with E-state index in [1.54, 1.807) is 18.2 Å². The molecular formula is C16H14O2S. The Morgan fingerprint density at radius 2 is 1.74 bits per heavy atom. The van der Waals surface area contributed by atoms with Crippen molar-refractivity contribution in [1.82, 2.24) is 0 Å². The van der Waals surface area contributed by atoms with Crippen LogP contribution >= 0.6 is 12.2 Å². The van der Waals surface area contributed by atoms with E-state index < -0.39 is 0 Å². The molecule has 0 aliphatic heterocycles. The zero-order chi connectivity index (χ0) is 13.8. The Balaban J connectivity index is 2.18.